The van der Waals surface area contributed by atoms with Crippen molar-refractivity contribution in [2.45, 2.75) is 51.9 Å². The van der Waals surface area contributed by atoms with Crippen molar-refractivity contribution < 1.29 is 36.5 Å². The number of amides is 1. The molecule has 0 aliphatic carbocycles. The Morgan fingerprint density at radius 2 is 1.87 bits per heavy atom. The third-order valence-corrected chi connectivity index (χ3v) is 6.62. The number of nitrogens with zero attached hydrogens (tertiary/aromatic N) is 4. The van der Waals surface area contributed by atoms with Gasteiger partial charge >= 0.3 is 13.9 Å². The highest BCUT2D eigenvalue weighted by molar-refractivity contribution is 7.57. The molecule has 38 heavy (non-hydrogen) atoms. The lowest BCUT2D eigenvalue weighted by Gasteiger charge is -2.27. The standard InChI is InChI=1S/C22H29F3N7O5P/c1-14(2)30-21(33)17(10-36-22(23,24)25)31-38(34,37-16-7-5-4-6-8-16)13-35-15(3)9-32-12-29-18-19(26)27-11-28-20(18)32/h4-8,11-12,14-15,17H,9-10,13H2,1-3H3,(H,30,33)(H,31,34)(H2,26,27,28)/t15-,17?,38?/m1/s1. The molecule has 3 aromatic rings. The van der Waals surface area contributed by atoms with Crippen LogP contribution in [0.15, 0.2) is 43.0 Å². The first-order valence-corrected chi connectivity index (χ1v) is 13.3. The van der Waals surface area contributed by atoms with E-state index in [0.29, 0.717) is 11.2 Å². The fourth-order valence-electron chi connectivity index (χ4n) is 3.30. The summed E-state index contributed by atoms with van der Waals surface area (Å²) in [5.41, 5.74) is 6.68. The highest BCUT2D eigenvalue weighted by atomic mass is 31.2. The van der Waals surface area contributed by atoms with Gasteiger partial charge in [0, 0.05) is 6.04 Å². The van der Waals surface area contributed by atoms with E-state index in [2.05, 4.69) is 30.1 Å². The number of imidazole rings is 1. The first kappa shape index (κ1) is 29.3. The molecule has 0 aliphatic heterocycles. The Bertz CT molecular complexity index is 1260. The molecule has 3 atom stereocenters. The zero-order valence-corrected chi connectivity index (χ0v) is 21.8. The molecule has 0 fully saturated rings. The maximum Gasteiger partial charge on any atom is 0.522 e. The Balaban J connectivity index is 1.78. The van der Waals surface area contributed by atoms with E-state index in [1.165, 1.54) is 24.8 Å². The fourth-order valence-corrected chi connectivity index (χ4v) is 5.06. The summed E-state index contributed by atoms with van der Waals surface area (Å²) in [5, 5.41) is 4.91. The summed E-state index contributed by atoms with van der Waals surface area (Å²) in [4.78, 5) is 24.8. The van der Waals surface area contributed by atoms with Gasteiger partial charge in [0.2, 0.25) is 5.91 Å². The molecule has 0 bridgehead atoms. The second kappa shape index (κ2) is 12.5. The predicted octanol–water partition coefficient (Wildman–Crippen LogP) is 3.06. The topological polar surface area (TPSA) is 156 Å². The lowest BCUT2D eigenvalue weighted by Crippen LogP contribution is -2.49. The lowest BCUT2D eigenvalue weighted by atomic mass is 10.3. The molecule has 0 radical (unpaired) electrons. The maximum absolute atomic E-state index is 13.8. The number of rotatable bonds is 13. The predicted molar refractivity (Wildman–Crippen MR) is 132 cm³/mol. The molecule has 0 aliphatic rings. The maximum atomic E-state index is 13.8. The van der Waals surface area contributed by atoms with Gasteiger partial charge in [-0.2, -0.15) is 0 Å². The number of nitrogens with one attached hydrogen (secondary N) is 2. The molecule has 0 spiro atoms. The summed E-state index contributed by atoms with van der Waals surface area (Å²) in [6.45, 7) is 4.01. The molecular weight excluding hydrogens is 530 g/mol. The molecule has 2 aromatic heterocycles. The third kappa shape index (κ3) is 8.65. The number of anilines is 1. The normalized spacial score (nSPS) is 15.2. The van der Waals surface area contributed by atoms with E-state index < -0.39 is 50.9 Å². The van der Waals surface area contributed by atoms with Gasteiger partial charge in [0.05, 0.1) is 25.6 Å². The summed E-state index contributed by atoms with van der Waals surface area (Å²) < 4.78 is 69.1. The van der Waals surface area contributed by atoms with E-state index in [4.69, 9.17) is 15.0 Å². The van der Waals surface area contributed by atoms with E-state index in [1.807, 2.05) is 0 Å². The number of carbonyl (C=O) groups is 1. The Morgan fingerprint density at radius 3 is 2.53 bits per heavy atom. The van der Waals surface area contributed by atoms with E-state index in [9.17, 15) is 22.5 Å². The van der Waals surface area contributed by atoms with E-state index in [1.54, 1.807) is 43.5 Å². The molecule has 0 saturated carbocycles. The van der Waals surface area contributed by atoms with Crippen LogP contribution in [0, 0.1) is 0 Å². The molecule has 1 amide bonds. The molecule has 2 unspecified atom stereocenters. The lowest BCUT2D eigenvalue weighted by molar-refractivity contribution is -0.325. The van der Waals surface area contributed by atoms with Gasteiger partial charge in [-0.05, 0) is 32.9 Å². The summed E-state index contributed by atoms with van der Waals surface area (Å²) in [6, 6.07) is 5.90. The summed E-state index contributed by atoms with van der Waals surface area (Å²) in [5.74, 6) is -0.484. The van der Waals surface area contributed by atoms with Gasteiger partial charge in [-0.1, -0.05) is 18.2 Å². The second-order valence-electron chi connectivity index (χ2n) is 8.61. The van der Waals surface area contributed by atoms with Gasteiger partial charge in [-0.15, -0.1) is 13.2 Å². The van der Waals surface area contributed by atoms with Gasteiger partial charge < -0.3 is 24.9 Å². The molecule has 4 N–H and O–H groups in total. The Hall–Kier alpha value is -3.26. The van der Waals surface area contributed by atoms with Crippen molar-refractivity contribution in [1.82, 2.24) is 29.9 Å². The number of para-hydroxylation sites is 1. The molecule has 16 heteroatoms. The second-order valence-corrected chi connectivity index (χ2v) is 10.7. The van der Waals surface area contributed by atoms with Crippen molar-refractivity contribution in [1.29, 1.82) is 0 Å². The first-order chi connectivity index (χ1) is 17.8. The van der Waals surface area contributed by atoms with Crippen molar-refractivity contribution in [3.8, 4) is 5.75 Å². The zero-order chi connectivity index (χ0) is 27.9. The van der Waals surface area contributed by atoms with Crippen LogP contribution in [0.2, 0.25) is 0 Å². The fraction of sp³-hybridized carbons (Fsp3) is 0.455. The molecule has 2 heterocycles. The average Bonchev–Trinajstić information content (AvgIpc) is 3.24. The van der Waals surface area contributed by atoms with E-state index in [0.717, 1.165) is 0 Å². The largest absolute Gasteiger partial charge is 0.522 e. The minimum atomic E-state index is -5.01. The molecular formula is C22H29F3N7O5P. The molecule has 208 valence electrons. The van der Waals surface area contributed by atoms with E-state index in [-0.39, 0.29) is 18.1 Å². The highest BCUT2D eigenvalue weighted by Gasteiger charge is 2.37. The quantitative estimate of drug-likeness (QED) is 0.266. The summed E-state index contributed by atoms with van der Waals surface area (Å²) >= 11 is 0. The van der Waals surface area contributed by atoms with Crippen LogP contribution in [0.1, 0.15) is 20.8 Å². The minimum Gasteiger partial charge on any atom is -0.431 e. The number of carbonyl (C=O) groups excluding carboxylic acids is 1. The molecule has 12 nitrogen and oxygen atoms in total. The van der Waals surface area contributed by atoms with Crippen LogP contribution < -0.4 is 20.7 Å². The van der Waals surface area contributed by atoms with Crippen LogP contribution >= 0.6 is 7.52 Å². The van der Waals surface area contributed by atoms with Gasteiger partial charge in [0.1, 0.15) is 30.0 Å². The van der Waals surface area contributed by atoms with Gasteiger partial charge in [-0.3, -0.25) is 14.1 Å². The number of fused-ring (bicyclic) bond motifs is 1. The van der Waals surface area contributed by atoms with E-state index >= 15 is 0 Å². The van der Waals surface area contributed by atoms with Crippen LogP contribution in [-0.2, 0) is 25.4 Å². The Kier molecular flexibility index (Phi) is 9.66. The van der Waals surface area contributed by atoms with Crippen LogP contribution in [0.4, 0.5) is 19.0 Å². The number of nitrogen functional groups attached to an aromatic ring is 1. The van der Waals surface area contributed by atoms with Gasteiger partial charge in [0.15, 0.2) is 11.5 Å². The molecule has 0 saturated heterocycles. The number of hydrogen-bond donors (Lipinski definition) is 3. The Morgan fingerprint density at radius 1 is 1.16 bits per heavy atom. The smallest absolute Gasteiger partial charge is 0.431 e. The Labute approximate surface area is 216 Å². The average molecular weight is 559 g/mol. The summed E-state index contributed by atoms with van der Waals surface area (Å²) in [7, 11) is -4.13. The number of halogens is 3. The number of benzene rings is 1. The van der Waals surface area contributed by atoms with Crippen LogP contribution in [0.3, 0.4) is 0 Å². The third-order valence-electron chi connectivity index (χ3n) is 4.92. The first-order valence-electron chi connectivity index (χ1n) is 11.5. The van der Waals surface area contributed by atoms with Gasteiger partial charge in [-0.25, -0.2) is 20.0 Å². The number of aromatic nitrogens is 4. The molecule has 3 rings (SSSR count). The SMILES string of the molecule is CC(C)NC(=O)C(COC(F)(F)F)NP(=O)(CO[C@H](C)Cn1cnc2c(N)ncnc21)Oc1ccccc1. The highest BCUT2D eigenvalue weighted by Crippen LogP contribution is 2.44. The van der Waals surface area contributed by atoms with Crippen molar-refractivity contribution >= 4 is 30.4 Å². The number of nitrogens with two attached hydrogens (primary N) is 1. The van der Waals surface area contributed by atoms with Crippen LogP contribution in [0.5, 0.6) is 5.75 Å². The van der Waals surface area contributed by atoms with Crippen molar-refractivity contribution in [3.05, 3.63) is 43.0 Å². The number of ether oxygens (including phenoxy) is 2. The number of hydrogen-bond acceptors (Lipinski definition) is 9. The summed E-state index contributed by atoms with van der Waals surface area (Å²) in [6.07, 6.45) is -3.39. The van der Waals surface area contributed by atoms with Crippen LogP contribution in [-0.4, -0.2) is 62.9 Å². The van der Waals surface area contributed by atoms with Crippen molar-refractivity contribution in [2.75, 3.05) is 18.7 Å². The molecule has 1 aromatic carbocycles. The minimum absolute atomic E-state index is 0.159. The van der Waals surface area contributed by atoms with Crippen molar-refractivity contribution in [3.63, 3.8) is 0 Å². The monoisotopic (exact) mass is 559 g/mol. The number of alkyl halides is 3. The van der Waals surface area contributed by atoms with Crippen LogP contribution in [0.25, 0.3) is 11.2 Å². The van der Waals surface area contributed by atoms with Crippen molar-refractivity contribution in [2.24, 2.45) is 0 Å². The van der Waals surface area contributed by atoms with Gasteiger partial charge in [0.25, 0.3) is 0 Å². The zero-order valence-electron chi connectivity index (χ0n) is 20.9.